The monoisotopic (exact) mass is 688 g/mol. The minimum absolute atomic E-state index is 0.0270. The molecular weight excluding hydrogens is 637 g/mol. The lowest BCUT2D eigenvalue weighted by atomic mass is 9.59. The molecule has 0 amide bonds. The summed E-state index contributed by atoms with van der Waals surface area (Å²) < 4.78 is 0. The van der Waals surface area contributed by atoms with Crippen LogP contribution in [0.2, 0.25) is 0 Å². The Labute approximate surface area is 317 Å². The van der Waals surface area contributed by atoms with Gasteiger partial charge in [-0.1, -0.05) is 203 Å². The van der Waals surface area contributed by atoms with E-state index in [0.29, 0.717) is 0 Å². The summed E-state index contributed by atoms with van der Waals surface area (Å²) in [5.74, 6) is 0. The molecule has 0 spiro atoms. The van der Waals surface area contributed by atoms with Crippen molar-refractivity contribution in [3.05, 3.63) is 188 Å². The van der Waals surface area contributed by atoms with Gasteiger partial charge < -0.3 is 0 Å². The Morgan fingerprint density at radius 1 is 0.377 bits per heavy atom. The molecule has 0 bridgehead atoms. The molecule has 53 heavy (non-hydrogen) atoms. The van der Waals surface area contributed by atoms with Gasteiger partial charge in [0.2, 0.25) is 0 Å². The first-order valence-corrected chi connectivity index (χ1v) is 19.5. The number of benzene rings is 6. The zero-order valence-corrected chi connectivity index (χ0v) is 33.2. The van der Waals surface area contributed by atoms with Crippen molar-refractivity contribution >= 4 is 12.2 Å². The molecule has 0 saturated carbocycles. The maximum Gasteiger partial charge on any atom is 0.0716 e. The summed E-state index contributed by atoms with van der Waals surface area (Å²) in [6.45, 7) is 23.8. The number of hydrogen-bond donors (Lipinski definition) is 0. The molecule has 0 unspecified atom stereocenters. The summed E-state index contributed by atoms with van der Waals surface area (Å²) in [6.07, 6.45) is 4.80. The molecule has 0 saturated heterocycles. The second kappa shape index (κ2) is 11.0. The highest BCUT2D eigenvalue weighted by molar-refractivity contribution is 5.93. The average Bonchev–Trinajstić information content (AvgIpc) is 3.43. The summed E-state index contributed by atoms with van der Waals surface area (Å²) >= 11 is 0. The summed E-state index contributed by atoms with van der Waals surface area (Å²) in [7, 11) is 0. The van der Waals surface area contributed by atoms with Crippen LogP contribution < -0.4 is 0 Å². The Hall–Kier alpha value is -4.94. The van der Waals surface area contributed by atoms with Gasteiger partial charge in [0.25, 0.3) is 0 Å². The summed E-state index contributed by atoms with van der Waals surface area (Å²) in [5, 5.41) is 0. The molecule has 3 aliphatic rings. The Morgan fingerprint density at radius 3 is 1.43 bits per heavy atom. The first-order chi connectivity index (χ1) is 25.1. The molecule has 9 rings (SSSR count). The van der Waals surface area contributed by atoms with Crippen LogP contribution in [0.4, 0.5) is 0 Å². The van der Waals surface area contributed by atoms with Gasteiger partial charge in [-0.15, -0.1) is 0 Å². The van der Waals surface area contributed by atoms with E-state index in [1.54, 1.807) is 0 Å². The van der Waals surface area contributed by atoms with Crippen LogP contribution in [0.25, 0.3) is 34.4 Å². The Balaban J connectivity index is 1.42. The largest absolute Gasteiger partial charge is 0.0716 e. The third-order valence-electron chi connectivity index (χ3n) is 13.0. The molecule has 0 heterocycles. The third kappa shape index (κ3) is 4.60. The van der Waals surface area contributed by atoms with E-state index in [1.165, 1.54) is 89.0 Å². The molecule has 0 aromatic heterocycles. The van der Waals surface area contributed by atoms with E-state index in [1.807, 2.05) is 0 Å². The first kappa shape index (κ1) is 33.9. The molecule has 0 atom stereocenters. The topological polar surface area (TPSA) is 0 Å². The van der Waals surface area contributed by atoms with Gasteiger partial charge in [-0.25, -0.2) is 0 Å². The van der Waals surface area contributed by atoms with Crippen LogP contribution in [0.15, 0.2) is 121 Å². The fraction of sp³-hybridized carbons (Fsp3) is 0.283. The predicted octanol–water partition coefficient (Wildman–Crippen LogP) is 13.8. The molecule has 0 N–H and O–H groups in total. The quantitative estimate of drug-likeness (QED) is 0.170. The molecule has 6 aromatic carbocycles. The Morgan fingerprint density at radius 2 is 0.849 bits per heavy atom. The van der Waals surface area contributed by atoms with Crippen molar-refractivity contribution in [2.75, 3.05) is 0 Å². The lowest BCUT2D eigenvalue weighted by Gasteiger charge is -2.42. The van der Waals surface area contributed by atoms with E-state index >= 15 is 0 Å². The number of fused-ring (bicyclic) bond motifs is 9. The van der Waals surface area contributed by atoms with Crippen molar-refractivity contribution in [1.82, 2.24) is 0 Å². The standard InChI is InChI=1S/C53H52/c1-49(2,3)36-25-29-42-33(31-36)23-24-34-32-37(50(4,5)6)26-30-43(34)53(42,35-17-12-11-13-18-35)45-22-16-20-39-41-28-27-40-38-19-14-15-21-44(38)51(7,8)47(40)48(41)52(9,10)46(39)45/h11-32H,1-10H3. The fourth-order valence-corrected chi connectivity index (χ4v) is 10.4. The van der Waals surface area contributed by atoms with Gasteiger partial charge in [0.15, 0.2) is 0 Å². The third-order valence-corrected chi connectivity index (χ3v) is 13.0. The second-order valence-electron chi connectivity index (χ2n) is 19.0. The van der Waals surface area contributed by atoms with E-state index in [4.69, 9.17) is 0 Å². The van der Waals surface area contributed by atoms with E-state index < -0.39 is 5.41 Å². The first-order valence-electron chi connectivity index (χ1n) is 19.5. The summed E-state index contributed by atoms with van der Waals surface area (Å²) in [5.41, 5.74) is 21.1. The predicted molar refractivity (Wildman–Crippen MR) is 226 cm³/mol. The van der Waals surface area contributed by atoms with Crippen LogP contribution in [0, 0.1) is 0 Å². The molecule has 264 valence electrons. The smallest absolute Gasteiger partial charge is 0.0622 e. The summed E-state index contributed by atoms with van der Waals surface area (Å²) in [6, 6.07) is 47.2. The van der Waals surface area contributed by atoms with Crippen LogP contribution >= 0.6 is 0 Å². The second-order valence-corrected chi connectivity index (χ2v) is 19.0. The zero-order chi connectivity index (χ0) is 37.3. The van der Waals surface area contributed by atoms with Crippen LogP contribution in [-0.2, 0) is 27.1 Å². The number of rotatable bonds is 2. The SMILES string of the molecule is CC(C)(C)c1ccc2c(c1)C=Cc1cc(C(C)(C)C)ccc1C2(c1ccccc1)c1cccc2c1C(C)(C)c1c-2ccc2c1C(C)(C)c1ccccc1-2. The van der Waals surface area contributed by atoms with E-state index in [2.05, 4.69) is 203 Å². The minimum Gasteiger partial charge on any atom is -0.0622 e. The average molecular weight is 689 g/mol. The van der Waals surface area contributed by atoms with Gasteiger partial charge in [0.1, 0.15) is 0 Å². The van der Waals surface area contributed by atoms with Crippen LogP contribution in [0.3, 0.4) is 0 Å². The van der Waals surface area contributed by atoms with Gasteiger partial charge in [-0.3, -0.25) is 0 Å². The fourth-order valence-electron chi connectivity index (χ4n) is 10.4. The maximum atomic E-state index is 2.50. The maximum absolute atomic E-state index is 2.50. The van der Waals surface area contributed by atoms with Gasteiger partial charge in [-0.2, -0.15) is 0 Å². The van der Waals surface area contributed by atoms with Crippen LogP contribution in [0.1, 0.15) is 136 Å². The van der Waals surface area contributed by atoms with E-state index in [-0.39, 0.29) is 21.7 Å². The van der Waals surface area contributed by atoms with Crippen molar-refractivity contribution in [1.29, 1.82) is 0 Å². The number of hydrogen-bond acceptors (Lipinski definition) is 0. The van der Waals surface area contributed by atoms with Crippen LogP contribution in [0.5, 0.6) is 0 Å². The Kier molecular flexibility index (Phi) is 7.06. The molecule has 6 aromatic rings. The van der Waals surface area contributed by atoms with Gasteiger partial charge >= 0.3 is 0 Å². The molecule has 0 aliphatic heterocycles. The highest BCUT2D eigenvalue weighted by Gasteiger charge is 2.51. The normalized spacial score (nSPS) is 16.9. The molecule has 0 fully saturated rings. The lowest BCUT2D eigenvalue weighted by Crippen LogP contribution is -2.36. The van der Waals surface area contributed by atoms with Crippen molar-refractivity contribution in [3.63, 3.8) is 0 Å². The van der Waals surface area contributed by atoms with Crippen LogP contribution in [-0.4, -0.2) is 0 Å². The van der Waals surface area contributed by atoms with Gasteiger partial charge in [0, 0.05) is 10.8 Å². The van der Waals surface area contributed by atoms with Gasteiger partial charge in [-0.05, 0) is 99.8 Å². The molecular formula is C53H52. The lowest BCUT2D eigenvalue weighted by molar-refractivity contribution is 0.583. The zero-order valence-electron chi connectivity index (χ0n) is 33.2. The van der Waals surface area contributed by atoms with Crippen molar-refractivity contribution < 1.29 is 0 Å². The highest BCUT2D eigenvalue weighted by Crippen LogP contribution is 2.62. The van der Waals surface area contributed by atoms with Crippen molar-refractivity contribution in [2.24, 2.45) is 0 Å². The van der Waals surface area contributed by atoms with Gasteiger partial charge in [0.05, 0.1) is 5.41 Å². The minimum atomic E-state index is -0.575. The van der Waals surface area contributed by atoms with Crippen molar-refractivity contribution in [3.8, 4) is 22.3 Å². The molecule has 0 heteroatoms. The van der Waals surface area contributed by atoms with Crippen molar-refractivity contribution in [2.45, 2.75) is 96.3 Å². The molecule has 0 nitrogen and oxygen atoms in total. The highest BCUT2D eigenvalue weighted by atomic mass is 14.5. The van der Waals surface area contributed by atoms with E-state index in [9.17, 15) is 0 Å². The Bertz CT molecular complexity index is 2430. The summed E-state index contributed by atoms with van der Waals surface area (Å²) in [4.78, 5) is 0. The molecule has 3 aliphatic carbocycles. The molecule has 0 radical (unpaired) electrons. The van der Waals surface area contributed by atoms with E-state index in [0.717, 1.165) is 0 Å².